The van der Waals surface area contributed by atoms with Crippen LogP contribution in [-0.4, -0.2) is 53.4 Å². The molecule has 1 amide bonds. The highest BCUT2D eigenvalue weighted by molar-refractivity contribution is 5.98. The molecule has 4 heteroatoms. The number of aromatic nitrogens is 1. The highest BCUT2D eigenvalue weighted by Crippen LogP contribution is 2.18. The molecule has 2 heterocycles. The second kappa shape index (κ2) is 5.29. The zero-order valence-corrected chi connectivity index (χ0v) is 12.1. The number of hydrogen-bond donors (Lipinski definition) is 1. The minimum Gasteiger partial charge on any atom is -0.351 e. The Kier molecular flexibility index (Phi) is 3.49. The molecule has 0 saturated carbocycles. The number of carbonyl (C=O) groups excluding carboxylic acids is 1. The first kappa shape index (κ1) is 13.2. The molecule has 0 aliphatic carbocycles. The summed E-state index contributed by atoms with van der Waals surface area (Å²) in [5.74, 6) is 0.120. The minimum absolute atomic E-state index is 0.120. The van der Waals surface area contributed by atoms with E-state index < -0.39 is 0 Å². The Morgan fingerprint density at radius 3 is 2.65 bits per heavy atom. The second-order valence-electron chi connectivity index (χ2n) is 5.50. The van der Waals surface area contributed by atoms with Crippen molar-refractivity contribution in [2.45, 2.75) is 13.8 Å². The molecule has 20 heavy (non-hydrogen) atoms. The molecule has 4 nitrogen and oxygen atoms in total. The van der Waals surface area contributed by atoms with E-state index in [0.717, 1.165) is 43.6 Å². The van der Waals surface area contributed by atoms with E-state index in [4.69, 9.17) is 0 Å². The largest absolute Gasteiger partial charge is 0.351 e. The number of aryl methyl sites for hydroxylation is 1. The number of aromatic amines is 1. The Labute approximate surface area is 119 Å². The van der Waals surface area contributed by atoms with Crippen molar-refractivity contribution < 1.29 is 4.79 Å². The Hall–Kier alpha value is -1.81. The average molecular weight is 271 g/mol. The first-order valence-electron chi connectivity index (χ1n) is 7.28. The molecular weight excluding hydrogens is 250 g/mol. The van der Waals surface area contributed by atoms with Crippen molar-refractivity contribution in [3.8, 4) is 0 Å². The number of hydrogen-bond acceptors (Lipinski definition) is 2. The molecule has 0 atom stereocenters. The fourth-order valence-corrected chi connectivity index (χ4v) is 2.79. The lowest BCUT2D eigenvalue weighted by Crippen LogP contribution is -2.48. The van der Waals surface area contributed by atoms with Crippen molar-refractivity contribution in [2.75, 3.05) is 32.7 Å². The Bertz CT molecular complexity index is 624. The highest BCUT2D eigenvalue weighted by Gasteiger charge is 2.22. The third kappa shape index (κ3) is 2.43. The van der Waals surface area contributed by atoms with Gasteiger partial charge >= 0.3 is 0 Å². The first-order valence-corrected chi connectivity index (χ1v) is 7.28. The fraction of sp³-hybridized carbons (Fsp3) is 0.438. The highest BCUT2D eigenvalue weighted by atomic mass is 16.2. The summed E-state index contributed by atoms with van der Waals surface area (Å²) in [6.45, 7) is 8.88. The maximum atomic E-state index is 12.5. The fourth-order valence-electron chi connectivity index (χ4n) is 2.79. The van der Waals surface area contributed by atoms with Gasteiger partial charge in [0.25, 0.3) is 5.91 Å². The summed E-state index contributed by atoms with van der Waals surface area (Å²) in [5, 5.41) is 1.10. The van der Waals surface area contributed by atoms with Gasteiger partial charge in [0.2, 0.25) is 0 Å². The molecule has 0 bridgehead atoms. The summed E-state index contributed by atoms with van der Waals surface area (Å²) in [4.78, 5) is 20.1. The van der Waals surface area contributed by atoms with Crippen molar-refractivity contribution in [2.24, 2.45) is 0 Å². The van der Waals surface area contributed by atoms with E-state index >= 15 is 0 Å². The number of benzene rings is 1. The molecule has 2 aromatic rings. The number of amides is 1. The number of fused-ring (bicyclic) bond motifs is 1. The first-order chi connectivity index (χ1) is 9.67. The number of rotatable bonds is 2. The predicted molar refractivity (Wildman–Crippen MR) is 81.1 cm³/mol. The summed E-state index contributed by atoms with van der Waals surface area (Å²) in [6, 6.07) is 8.18. The quantitative estimate of drug-likeness (QED) is 0.910. The normalized spacial score (nSPS) is 16.8. The van der Waals surface area contributed by atoms with E-state index in [1.807, 2.05) is 11.0 Å². The van der Waals surface area contributed by atoms with Gasteiger partial charge in [-0.05, 0) is 31.2 Å². The van der Waals surface area contributed by atoms with Gasteiger partial charge in [-0.2, -0.15) is 0 Å². The molecule has 1 N–H and O–H groups in total. The number of piperazine rings is 1. The van der Waals surface area contributed by atoms with Crippen LogP contribution in [0.5, 0.6) is 0 Å². The SMILES string of the molecule is CCN1CCN(C(=O)c2cc3ccc(C)cc3[nH]2)CC1. The molecule has 1 aromatic heterocycles. The van der Waals surface area contributed by atoms with Gasteiger partial charge in [-0.15, -0.1) is 0 Å². The summed E-state index contributed by atoms with van der Waals surface area (Å²) in [7, 11) is 0. The molecule has 0 unspecified atom stereocenters. The van der Waals surface area contributed by atoms with Crippen LogP contribution >= 0.6 is 0 Å². The van der Waals surface area contributed by atoms with Crippen molar-refractivity contribution in [3.63, 3.8) is 0 Å². The summed E-state index contributed by atoms with van der Waals surface area (Å²) < 4.78 is 0. The number of nitrogens with zero attached hydrogens (tertiary/aromatic N) is 2. The smallest absolute Gasteiger partial charge is 0.270 e. The number of carbonyl (C=O) groups is 1. The Morgan fingerprint density at radius 2 is 1.95 bits per heavy atom. The summed E-state index contributed by atoms with van der Waals surface area (Å²) in [6.07, 6.45) is 0. The molecule has 1 aromatic carbocycles. The maximum absolute atomic E-state index is 12.5. The van der Waals surface area contributed by atoms with Crippen molar-refractivity contribution >= 4 is 16.8 Å². The van der Waals surface area contributed by atoms with Gasteiger partial charge in [0, 0.05) is 37.1 Å². The molecule has 106 valence electrons. The van der Waals surface area contributed by atoms with Gasteiger partial charge < -0.3 is 14.8 Å². The zero-order chi connectivity index (χ0) is 14.1. The zero-order valence-electron chi connectivity index (χ0n) is 12.1. The van der Waals surface area contributed by atoms with E-state index in [9.17, 15) is 4.79 Å². The summed E-state index contributed by atoms with van der Waals surface area (Å²) >= 11 is 0. The van der Waals surface area contributed by atoms with Crippen LogP contribution in [0.3, 0.4) is 0 Å². The van der Waals surface area contributed by atoms with Crippen LogP contribution in [-0.2, 0) is 0 Å². The molecule has 1 aliphatic rings. The van der Waals surface area contributed by atoms with Crippen molar-refractivity contribution in [1.82, 2.24) is 14.8 Å². The lowest BCUT2D eigenvalue weighted by molar-refractivity contribution is 0.0638. The molecular formula is C16H21N3O. The van der Waals surface area contributed by atoms with Crippen LogP contribution in [0.15, 0.2) is 24.3 Å². The maximum Gasteiger partial charge on any atom is 0.270 e. The molecule has 1 fully saturated rings. The van der Waals surface area contributed by atoms with Crippen molar-refractivity contribution in [1.29, 1.82) is 0 Å². The van der Waals surface area contributed by atoms with Gasteiger partial charge in [-0.25, -0.2) is 0 Å². The van der Waals surface area contributed by atoms with Gasteiger partial charge in [0.15, 0.2) is 0 Å². The number of nitrogens with one attached hydrogen (secondary N) is 1. The lowest BCUT2D eigenvalue weighted by Gasteiger charge is -2.33. The second-order valence-corrected chi connectivity index (χ2v) is 5.50. The monoisotopic (exact) mass is 271 g/mol. The molecule has 0 spiro atoms. The van der Waals surface area contributed by atoms with E-state index in [0.29, 0.717) is 5.69 Å². The van der Waals surface area contributed by atoms with E-state index in [-0.39, 0.29) is 5.91 Å². The van der Waals surface area contributed by atoms with Crippen LogP contribution < -0.4 is 0 Å². The lowest BCUT2D eigenvalue weighted by atomic mass is 10.2. The van der Waals surface area contributed by atoms with E-state index in [1.165, 1.54) is 5.56 Å². The average Bonchev–Trinajstić information content (AvgIpc) is 2.89. The van der Waals surface area contributed by atoms with Gasteiger partial charge in [-0.1, -0.05) is 19.1 Å². The Balaban J connectivity index is 1.79. The third-order valence-corrected chi connectivity index (χ3v) is 4.12. The topological polar surface area (TPSA) is 39.3 Å². The van der Waals surface area contributed by atoms with Crippen molar-refractivity contribution in [3.05, 3.63) is 35.5 Å². The van der Waals surface area contributed by atoms with Crippen LogP contribution in [0.4, 0.5) is 0 Å². The number of likely N-dealkylation sites (N-methyl/N-ethyl adjacent to an activating group) is 1. The minimum atomic E-state index is 0.120. The van der Waals surface area contributed by atoms with Gasteiger partial charge in [-0.3, -0.25) is 4.79 Å². The van der Waals surface area contributed by atoms with Crippen LogP contribution in [0.25, 0.3) is 10.9 Å². The van der Waals surface area contributed by atoms with Gasteiger partial charge in [0.05, 0.1) is 0 Å². The molecule has 0 radical (unpaired) electrons. The van der Waals surface area contributed by atoms with Crippen LogP contribution in [0, 0.1) is 6.92 Å². The van der Waals surface area contributed by atoms with Crippen LogP contribution in [0.1, 0.15) is 23.0 Å². The molecule has 1 aliphatic heterocycles. The standard InChI is InChI=1S/C16H21N3O/c1-3-18-6-8-19(9-7-18)16(20)15-11-13-5-4-12(2)10-14(13)17-15/h4-5,10-11,17H,3,6-9H2,1-2H3. The predicted octanol–water partition coefficient (Wildman–Crippen LogP) is 2.25. The van der Waals surface area contributed by atoms with Crippen LogP contribution in [0.2, 0.25) is 0 Å². The van der Waals surface area contributed by atoms with Gasteiger partial charge in [0.1, 0.15) is 5.69 Å². The number of H-pyrrole nitrogens is 1. The Morgan fingerprint density at radius 1 is 1.20 bits per heavy atom. The summed E-state index contributed by atoms with van der Waals surface area (Å²) in [5.41, 5.74) is 2.95. The molecule has 1 saturated heterocycles. The molecule has 3 rings (SSSR count). The van der Waals surface area contributed by atoms with E-state index in [1.54, 1.807) is 0 Å². The van der Waals surface area contributed by atoms with E-state index in [2.05, 4.69) is 41.9 Å². The third-order valence-electron chi connectivity index (χ3n) is 4.12.